The zero-order valence-corrected chi connectivity index (χ0v) is 18.4. The van der Waals surface area contributed by atoms with Gasteiger partial charge in [0.15, 0.2) is 5.69 Å². The van der Waals surface area contributed by atoms with Crippen molar-refractivity contribution in [3.8, 4) is 17.5 Å². The first-order valence-corrected chi connectivity index (χ1v) is 9.75. The molecule has 0 unspecified atom stereocenters. The number of ether oxygens (including phenoxy) is 1. The quantitative estimate of drug-likeness (QED) is 0.627. The number of carbonyl (C=O) groups is 2. The molecule has 2 aromatic carbocycles. The highest BCUT2D eigenvalue weighted by atomic mass is 16.5. The van der Waals surface area contributed by atoms with Crippen LogP contribution >= 0.6 is 0 Å². The summed E-state index contributed by atoms with van der Waals surface area (Å²) in [7, 11) is 1.42. The Bertz CT molecular complexity index is 1250. The molecule has 0 aliphatic heterocycles. The minimum Gasteiger partial charge on any atom is -0.495 e. The lowest BCUT2D eigenvalue weighted by atomic mass is 9.84. The van der Waals surface area contributed by atoms with Crippen LogP contribution < -0.4 is 10.1 Å². The number of aromatic carboxylic acids is 1. The fraction of sp³-hybridized carbons (Fsp3) is 0.261. The van der Waals surface area contributed by atoms with Crippen molar-refractivity contribution in [1.82, 2.24) is 15.0 Å². The summed E-state index contributed by atoms with van der Waals surface area (Å²) < 4.78 is 6.71. The molecule has 0 aliphatic rings. The average molecular weight is 433 g/mol. The van der Waals surface area contributed by atoms with Crippen molar-refractivity contribution in [2.45, 2.75) is 33.1 Å². The van der Waals surface area contributed by atoms with Gasteiger partial charge in [0.25, 0.3) is 5.91 Å². The highest BCUT2D eigenvalue weighted by molar-refractivity contribution is 6.07. The number of carboxylic acids is 1. The van der Waals surface area contributed by atoms with E-state index in [4.69, 9.17) is 9.84 Å². The van der Waals surface area contributed by atoms with Crippen molar-refractivity contribution < 1.29 is 19.4 Å². The van der Waals surface area contributed by atoms with Gasteiger partial charge in [0.2, 0.25) is 0 Å². The van der Waals surface area contributed by atoms with Crippen molar-refractivity contribution in [2.75, 3.05) is 12.4 Å². The van der Waals surface area contributed by atoms with E-state index in [0.717, 1.165) is 11.1 Å². The molecule has 1 amide bonds. The molecule has 0 radical (unpaired) electrons. The van der Waals surface area contributed by atoms with E-state index in [1.54, 1.807) is 30.3 Å². The summed E-state index contributed by atoms with van der Waals surface area (Å²) in [4.78, 5) is 24.3. The Balaban J connectivity index is 2.00. The maximum absolute atomic E-state index is 13.2. The zero-order valence-electron chi connectivity index (χ0n) is 18.4. The molecule has 0 saturated heterocycles. The van der Waals surface area contributed by atoms with Crippen molar-refractivity contribution in [3.05, 3.63) is 64.5 Å². The number of hydrogen-bond donors (Lipinski definition) is 2. The zero-order chi connectivity index (χ0) is 23.6. The molecule has 0 fully saturated rings. The predicted molar refractivity (Wildman–Crippen MR) is 117 cm³/mol. The molecule has 9 heteroatoms. The van der Waals surface area contributed by atoms with Gasteiger partial charge in [-0.2, -0.15) is 5.26 Å². The smallest absolute Gasteiger partial charge is 0.358 e. The lowest BCUT2D eigenvalue weighted by Crippen LogP contribution is -2.18. The average Bonchev–Trinajstić information content (AvgIpc) is 3.23. The van der Waals surface area contributed by atoms with E-state index in [0.29, 0.717) is 11.4 Å². The summed E-state index contributed by atoms with van der Waals surface area (Å²) >= 11 is 0. The lowest BCUT2D eigenvalue weighted by molar-refractivity contribution is 0.0690. The van der Waals surface area contributed by atoms with E-state index < -0.39 is 11.9 Å². The van der Waals surface area contributed by atoms with Gasteiger partial charge in [-0.25, -0.2) is 9.48 Å². The highest BCUT2D eigenvalue weighted by Crippen LogP contribution is 2.32. The van der Waals surface area contributed by atoms with Crippen molar-refractivity contribution in [3.63, 3.8) is 0 Å². The molecule has 9 nitrogen and oxygen atoms in total. The molecule has 0 atom stereocenters. The minimum atomic E-state index is -1.18. The summed E-state index contributed by atoms with van der Waals surface area (Å²) in [6, 6.07) is 10.7. The summed E-state index contributed by atoms with van der Waals surface area (Å²) in [5, 5.41) is 28.9. The number of benzene rings is 2. The van der Waals surface area contributed by atoms with Gasteiger partial charge >= 0.3 is 5.97 Å². The van der Waals surface area contributed by atoms with Crippen molar-refractivity contribution in [2.24, 2.45) is 0 Å². The summed E-state index contributed by atoms with van der Waals surface area (Å²) in [6.45, 7) is 7.81. The first-order valence-electron chi connectivity index (χ1n) is 9.75. The highest BCUT2D eigenvalue weighted by Gasteiger charge is 2.23. The molecule has 0 saturated carbocycles. The molecule has 2 N–H and O–H groups in total. The van der Waals surface area contributed by atoms with E-state index >= 15 is 0 Å². The van der Waals surface area contributed by atoms with Crippen LogP contribution in [0.1, 0.15) is 58.3 Å². The Morgan fingerprint density at radius 1 is 1.22 bits per heavy atom. The monoisotopic (exact) mass is 433 g/mol. The molecule has 0 bridgehead atoms. The normalized spacial score (nSPS) is 11.0. The molecule has 32 heavy (non-hydrogen) atoms. The Hall–Kier alpha value is -4.19. The molecule has 164 valence electrons. The van der Waals surface area contributed by atoms with Gasteiger partial charge in [-0.3, -0.25) is 4.79 Å². The number of nitrogens with zero attached hydrogens (tertiary/aromatic N) is 4. The Morgan fingerprint density at radius 2 is 1.94 bits per heavy atom. The molecule has 1 aromatic heterocycles. The van der Waals surface area contributed by atoms with Gasteiger partial charge in [0.05, 0.1) is 30.1 Å². The molecular weight excluding hydrogens is 410 g/mol. The van der Waals surface area contributed by atoms with E-state index in [2.05, 4.69) is 21.7 Å². The number of anilines is 1. The van der Waals surface area contributed by atoms with Crippen LogP contribution in [-0.2, 0) is 5.41 Å². The number of aromatic nitrogens is 3. The standard InChI is InChI=1S/C23H23N5O4/c1-13-6-7-16(10-19(13)28-12-18(22(30)31)26-27-28)25-21(29)17-9-15(23(2,3)4)8-14(11-24)20(17)32-5/h6-10,12H,1-5H3,(H,25,29)(H,30,31). The van der Waals surface area contributed by atoms with Gasteiger partial charge < -0.3 is 15.2 Å². The second kappa shape index (κ2) is 8.51. The van der Waals surface area contributed by atoms with Crippen LogP contribution in [0.25, 0.3) is 5.69 Å². The minimum absolute atomic E-state index is 0.188. The number of carbonyl (C=O) groups excluding carboxylic acids is 1. The first kappa shape index (κ1) is 22.5. The van der Waals surface area contributed by atoms with Crippen molar-refractivity contribution >= 4 is 17.6 Å². The van der Waals surface area contributed by atoms with Crippen LogP contribution in [-0.4, -0.2) is 39.1 Å². The van der Waals surface area contributed by atoms with Crippen molar-refractivity contribution in [1.29, 1.82) is 5.26 Å². The molecular formula is C23H23N5O4. The first-order chi connectivity index (χ1) is 15.0. The van der Waals surface area contributed by atoms with E-state index in [-0.39, 0.29) is 28.0 Å². The maximum Gasteiger partial charge on any atom is 0.358 e. The second-order valence-electron chi connectivity index (χ2n) is 8.28. The SMILES string of the molecule is COc1c(C#N)cc(C(C)(C)C)cc1C(=O)Nc1ccc(C)c(-n2cc(C(=O)O)nn2)c1. The molecule has 3 rings (SSSR count). The number of hydrogen-bond acceptors (Lipinski definition) is 6. The third kappa shape index (κ3) is 4.44. The van der Waals surface area contributed by atoms with Crippen LogP contribution in [0.4, 0.5) is 5.69 Å². The van der Waals surface area contributed by atoms with Gasteiger partial charge in [0, 0.05) is 5.69 Å². The Morgan fingerprint density at radius 3 is 2.50 bits per heavy atom. The molecule has 0 spiro atoms. The Kier molecular flexibility index (Phi) is 5.98. The summed E-state index contributed by atoms with van der Waals surface area (Å²) in [5.74, 6) is -1.42. The second-order valence-corrected chi connectivity index (χ2v) is 8.28. The summed E-state index contributed by atoms with van der Waals surface area (Å²) in [6.07, 6.45) is 1.30. The van der Waals surface area contributed by atoms with Gasteiger partial charge in [0.1, 0.15) is 11.8 Å². The number of nitrogens with one attached hydrogen (secondary N) is 1. The maximum atomic E-state index is 13.2. The number of carboxylic acid groups (broad SMARTS) is 1. The third-order valence-electron chi connectivity index (χ3n) is 4.95. The number of amides is 1. The van der Waals surface area contributed by atoms with Crippen LogP contribution in [0.15, 0.2) is 36.5 Å². The van der Waals surface area contributed by atoms with Crippen LogP contribution in [0, 0.1) is 18.3 Å². The largest absolute Gasteiger partial charge is 0.495 e. The number of rotatable bonds is 5. The van der Waals surface area contributed by atoms with E-state index in [9.17, 15) is 14.9 Å². The Labute approximate surface area is 185 Å². The van der Waals surface area contributed by atoms with Gasteiger partial charge in [-0.1, -0.05) is 32.1 Å². The lowest BCUT2D eigenvalue weighted by Gasteiger charge is -2.22. The van der Waals surface area contributed by atoms with Crippen LogP contribution in [0.3, 0.4) is 0 Å². The van der Waals surface area contributed by atoms with Crippen LogP contribution in [0.5, 0.6) is 5.75 Å². The molecule has 0 aliphatic carbocycles. The van der Waals surface area contributed by atoms with Crippen LogP contribution in [0.2, 0.25) is 0 Å². The molecule has 3 aromatic rings. The number of nitriles is 1. The van der Waals surface area contributed by atoms with E-state index in [1.807, 2.05) is 27.7 Å². The van der Waals surface area contributed by atoms with E-state index in [1.165, 1.54) is 18.0 Å². The molecule has 1 heterocycles. The number of aryl methyl sites for hydroxylation is 1. The third-order valence-corrected chi connectivity index (χ3v) is 4.95. The number of methoxy groups -OCH3 is 1. The fourth-order valence-corrected chi connectivity index (χ4v) is 3.15. The fourth-order valence-electron chi connectivity index (χ4n) is 3.15. The topological polar surface area (TPSA) is 130 Å². The predicted octanol–water partition coefficient (Wildman–Crippen LogP) is 3.70. The van der Waals surface area contributed by atoms with Gasteiger partial charge in [-0.15, -0.1) is 5.10 Å². The van der Waals surface area contributed by atoms with Gasteiger partial charge in [-0.05, 0) is 47.7 Å². The summed E-state index contributed by atoms with van der Waals surface area (Å²) in [5.41, 5.74) is 2.72.